The molecule has 5 rings (SSSR count). The Bertz CT molecular complexity index is 1910. The molecule has 4 heterocycles. The topological polar surface area (TPSA) is 69.3 Å². The predicted octanol–water partition coefficient (Wildman–Crippen LogP) is 7.69. The monoisotopic (exact) mass is 620 g/mol. The fourth-order valence-electron chi connectivity index (χ4n) is 4.48. The zero-order chi connectivity index (χ0) is 29.4. The molecule has 210 valence electrons. The van der Waals surface area contributed by atoms with Gasteiger partial charge in [0.2, 0.25) is 0 Å². The van der Waals surface area contributed by atoms with Crippen LogP contribution >= 0.6 is 23.2 Å². The van der Waals surface area contributed by atoms with Crippen molar-refractivity contribution < 1.29 is 34.8 Å². The van der Waals surface area contributed by atoms with E-state index < -0.39 is 39.1 Å². The second-order valence-corrected chi connectivity index (χ2v) is 11.9. The van der Waals surface area contributed by atoms with Crippen molar-refractivity contribution in [2.75, 3.05) is 5.75 Å². The molecular formula is C25H16Cl2F6N4O2S. The molecule has 0 saturated carbocycles. The van der Waals surface area contributed by atoms with Gasteiger partial charge in [0.25, 0.3) is 0 Å². The average Bonchev–Trinajstić information content (AvgIpc) is 3.36. The van der Waals surface area contributed by atoms with Crippen molar-refractivity contribution >= 4 is 49.7 Å². The van der Waals surface area contributed by atoms with Gasteiger partial charge >= 0.3 is 12.4 Å². The Hall–Kier alpha value is -3.29. The van der Waals surface area contributed by atoms with Crippen molar-refractivity contribution in [3.05, 3.63) is 70.0 Å². The Morgan fingerprint density at radius 1 is 0.925 bits per heavy atom. The average molecular weight is 621 g/mol. The van der Waals surface area contributed by atoms with E-state index in [1.54, 1.807) is 0 Å². The van der Waals surface area contributed by atoms with E-state index in [9.17, 15) is 34.8 Å². The van der Waals surface area contributed by atoms with Crippen molar-refractivity contribution in [2.24, 2.45) is 7.05 Å². The summed E-state index contributed by atoms with van der Waals surface area (Å²) in [4.78, 5) is 7.74. The number of rotatable bonds is 4. The molecule has 0 radical (unpaired) electrons. The highest BCUT2D eigenvalue weighted by molar-refractivity contribution is 7.91. The lowest BCUT2D eigenvalue weighted by molar-refractivity contribution is -0.138. The number of imidazole rings is 1. The molecule has 0 unspecified atom stereocenters. The largest absolute Gasteiger partial charge is 0.417 e. The van der Waals surface area contributed by atoms with Crippen LogP contribution in [-0.4, -0.2) is 33.1 Å². The van der Waals surface area contributed by atoms with Crippen molar-refractivity contribution in [3.8, 4) is 22.6 Å². The smallest absolute Gasteiger partial charge is 0.312 e. The first-order valence-corrected chi connectivity index (χ1v) is 13.8. The summed E-state index contributed by atoms with van der Waals surface area (Å²) in [6, 6.07) is 6.38. The molecule has 0 N–H and O–H groups in total. The van der Waals surface area contributed by atoms with E-state index >= 15 is 0 Å². The second kappa shape index (κ2) is 9.38. The number of hydrogen-bond acceptors (Lipinski definition) is 4. The molecule has 0 fully saturated rings. The summed E-state index contributed by atoms with van der Waals surface area (Å²) in [6.07, 6.45) is -7.84. The number of hydrogen-bond donors (Lipinski definition) is 0. The fraction of sp³-hybridized carbons (Fsp3) is 0.200. The van der Waals surface area contributed by atoms with Gasteiger partial charge in [0, 0.05) is 35.1 Å². The van der Waals surface area contributed by atoms with Crippen LogP contribution < -0.4 is 0 Å². The molecule has 15 heteroatoms. The first-order valence-electron chi connectivity index (χ1n) is 11.4. The van der Waals surface area contributed by atoms with Crippen LogP contribution in [-0.2, 0) is 29.2 Å². The van der Waals surface area contributed by atoms with Crippen LogP contribution in [0.15, 0.2) is 53.7 Å². The van der Waals surface area contributed by atoms with Crippen LogP contribution in [0.4, 0.5) is 26.3 Å². The number of pyridine rings is 2. The molecule has 0 aliphatic rings. The number of alkyl halides is 6. The molecule has 40 heavy (non-hydrogen) atoms. The van der Waals surface area contributed by atoms with E-state index in [0.717, 1.165) is 24.4 Å². The van der Waals surface area contributed by atoms with Crippen LogP contribution in [0.5, 0.6) is 0 Å². The van der Waals surface area contributed by atoms with Crippen LogP contribution in [0.25, 0.3) is 39.3 Å². The molecule has 0 aliphatic carbocycles. The van der Waals surface area contributed by atoms with Crippen molar-refractivity contribution in [3.63, 3.8) is 0 Å². The summed E-state index contributed by atoms with van der Waals surface area (Å²) < 4.78 is 111. The van der Waals surface area contributed by atoms with Crippen LogP contribution in [0.2, 0.25) is 10.0 Å². The van der Waals surface area contributed by atoms with Gasteiger partial charge in [-0.2, -0.15) is 26.3 Å². The SMILES string of the molecule is CCS(=O)(=O)c1c(-c2cc(Cl)cc(Cl)c2)c2cc(C(F)(F)F)ccn2c1-c1nc2cc(C(F)(F)F)cnc2n1C. The number of nitrogens with zero attached hydrogens (tertiary/aromatic N) is 4. The predicted molar refractivity (Wildman–Crippen MR) is 138 cm³/mol. The normalized spacial score (nSPS) is 13.1. The fourth-order valence-corrected chi connectivity index (χ4v) is 6.32. The lowest BCUT2D eigenvalue weighted by Crippen LogP contribution is -2.08. The third-order valence-electron chi connectivity index (χ3n) is 6.31. The van der Waals surface area contributed by atoms with Gasteiger partial charge in [-0.05, 0) is 42.0 Å². The molecule has 0 saturated heterocycles. The van der Waals surface area contributed by atoms with Gasteiger partial charge in [-0.15, -0.1) is 0 Å². The highest BCUT2D eigenvalue weighted by Crippen LogP contribution is 2.45. The molecular weight excluding hydrogens is 605 g/mol. The highest BCUT2D eigenvalue weighted by atomic mass is 35.5. The highest BCUT2D eigenvalue weighted by Gasteiger charge is 2.36. The Labute approximate surface area is 232 Å². The van der Waals surface area contributed by atoms with Gasteiger partial charge in [-0.1, -0.05) is 30.1 Å². The third kappa shape index (κ3) is 4.69. The zero-order valence-electron chi connectivity index (χ0n) is 20.4. The van der Waals surface area contributed by atoms with E-state index in [4.69, 9.17) is 23.2 Å². The number of aryl methyl sites for hydroxylation is 1. The number of aromatic nitrogens is 4. The maximum atomic E-state index is 13.8. The van der Waals surface area contributed by atoms with Gasteiger partial charge in [0.15, 0.2) is 21.3 Å². The quantitative estimate of drug-likeness (QED) is 0.193. The summed E-state index contributed by atoms with van der Waals surface area (Å²) in [7, 11) is -2.81. The lowest BCUT2D eigenvalue weighted by atomic mass is 10.1. The number of benzene rings is 1. The summed E-state index contributed by atoms with van der Waals surface area (Å²) in [6.45, 7) is 1.35. The molecule has 5 aromatic rings. The van der Waals surface area contributed by atoms with Crippen LogP contribution in [0, 0.1) is 0 Å². The minimum absolute atomic E-state index is 0.00272. The maximum absolute atomic E-state index is 13.8. The van der Waals surface area contributed by atoms with Gasteiger partial charge in [0.1, 0.15) is 16.1 Å². The van der Waals surface area contributed by atoms with Gasteiger partial charge in [0.05, 0.1) is 22.4 Å². The van der Waals surface area contributed by atoms with E-state index in [2.05, 4.69) is 9.97 Å². The van der Waals surface area contributed by atoms with E-state index in [1.165, 1.54) is 41.1 Å². The minimum Gasteiger partial charge on any atom is -0.312 e. The standard InChI is InChI=1S/C25H16Cl2F6N4O2S/c1-3-40(38,39)21-19(12-6-15(26)10-16(27)7-12)18-9-13(24(28,29)30)4-5-37(18)20(21)23-35-17-8-14(25(31,32)33)11-34-22(17)36(23)2/h4-11H,3H2,1-2H3. The van der Waals surface area contributed by atoms with Crippen LogP contribution in [0.3, 0.4) is 0 Å². The summed E-state index contributed by atoms with van der Waals surface area (Å²) >= 11 is 12.3. The Morgan fingerprint density at radius 2 is 1.55 bits per heavy atom. The number of fused-ring (bicyclic) bond motifs is 2. The molecule has 6 nitrogen and oxygen atoms in total. The molecule has 1 aromatic carbocycles. The van der Waals surface area contributed by atoms with Gasteiger partial charge in [-0.25, -0.2) is 18.4 Å². The first-order chi connectivity index (χ1) is 18.5. The number of halogens is 8. The Kier molecular flexibility index (Phi) is 6.63. The molecule has 0 amide bonds. The second-order valence-electron chi connectivity index (χ2n) is 8.84. The Morgan fingerprint density at radius 3 is 2.12 bits per heavy atom. The maximum Gasteiger partial charge on any atom is 0.417 e. The third-order valence-corrected chi connectivity index (χ3v) is 8.53. The van der Waals surface area contributed by atoms with Crippen molar-refractivity contribution in [1.82, 2.24) is 18.9 Å². The number of sulfone groups is 1. The van der Waals surface area contributed by atoms with Gasteiger partial charge < -0.3 is 8.97 Å². The van der Waals surface area contributed by atoms with E-state index in [-0.39, 0.29) is 54.3 Å². The van der Waals surface area contributed by atoms with Gasteiger partial charge in [-0.3, -0.25) is 0 Å². The summed E-state index contributed by atoms with van der Waals surface area (Å²) in [5, 5.41) is 0.198. The summed E-state index contributed by atoms with van der Waals surface area (Å²) in [5.41, 5.74) is -2.65. The van der Waals surface area contributed by atoms with E-state index in [1.807, 2.05) is 0 Å². The van der Waals surface area contributed by atoms with Crippen LogP contribution in [0.1, 0.15) is 18.1 Å². The minimum atomic E-state index is -4.77. The lowest BCUT2D eigenvalue weighted by Gasteiger charge is -2.09. The Balaban J connectivity index is 1.99. The molecule has 0 aliphatic heterocycles. The van der Waals surface area contributed by atoms with Crippen molar-refractivity contribution in [1.29, 1.82) is 0 Å². The van der Waals surface area contributed by atoms with E-state index in [0.29, 0.717) is 6.20 Å². The molecule has 0 spiro atoms. The van der Waals surface area contributed by atoms with Crippen molar-refractivity contribution in [2.45, 2.75) is 24.2 Å². The molecule has 0 atom stereocenters. The molecule has 0 bridgehead atoms. The first kappa shape index (κ1) is 28.2. The zero-order valence-corrected chi connectivity index (χ0v) is 22.7. The summed E-state index contributed by atoms with van der Waals surface area (Å²) in [5.74, 6) is -0.590. The molecule has 4 aromatic heterocycles.